The maximum absolute atomic E-state index is 12.5. The maximum Gasteiger partial charge on any atom is 0.337 e. The zero-order valence-electron chi connectivity index (χ0n) is 17.2. The number of carbonyl (C=O) groups excluding carboxylic acids is 3. The Labute approximate surface area is 183 Å². The second-order valence-corrected chi connectivity index (χ2v) is 7.52. The van der Waals surface area contributed by atoms with E-state index in [1.165, 1.54) is 32.1 Å². The molecule has 0 aliphatic rings. The zero-order chi connectivity index (χ0) is 22.4. The number of rotatable bonds is 7. The molecular weight excluding hydrogens is 418 g/mol. The average molecular weight is 439 g/mol. The minimum atomic E-state index is -0.473. The number of nitrogens with one attached hydrogen (secondary N) is 2. The van der Waals surface area contributed by atoms with Crippen LogP contribution in [0.3, 0.4) is 0 Å². The Morgan fingerprint density at radius 3 is 2.68 bits per heavy atom. The highest BCUT2D eigenvalue weighted by molar-refractivity contribution is 7.99. The molecule has 0 aliphatic heterocycles. The lowest BCUT2D eigenvalue weighted by atomic mass is 10.1. The van der Waals surface area contributed by atoms with Crippen molar-refractivity contribution < 1.29 is 19.1 Å². The third-order valence-corrected chi connectivity index (χ3v) is 5.17. The standard InChI is InChI=1S/C21H21N5O4S/c1-13-7-8-15(20(29)30-3)9-18(13)24-19(28)11-31-21-25-22-12-26(21)17-6-4-5-16(10-17)23-14(2)27/h4-10,12H,11H2,1-3H3,(H,23,27)(H,24,28). The summed E-state index contributed by atoms with van der Waals surface area (Å²) in [7, 11) is 1.30. The first-order valence-electron chi connectivity index (χ1n) is 9.27. The van der Waals surface area contributed by atoms with E-state index in [4.69, 9.17) is 4.74 Å². The van der Waals surface area contributed by atoms with Crippen LogP contribution in [-0.2, 0) is 14.3 Å². The van der Waals surface area contributed by atoms with Crippen molar-refractivity contribution in [3.05, 3.63) is 59.9 Å². The Hall–Kier alpha value is -3.66. The molecule has 0 unspecified atom stereocenters. The first-order chi connectivity index (χ1) is 14.9. The summed E-state index contributed by atoms with van der Waals surface area (Å²) < 4.78 is 6.45. The molecule has 9 nitrogen and oxygen atoms in total. The summed E-state index contributed by atoms with van der Waals surface area (Å²) >= 11 is 1.21. The van der Waals surface area contributed by atoms with Gasteiger partial charge in [-0.15, -0.1) is 10.2 Å². The zero-order valence-corrected chi connectivity index (χ0v) is 18.0. The van der Waals surface area contributed by atoms with E-state index in [9.17, 15) is 14.4 Å². The van der Waals surface area contributed by atoms with Crippen molar-refractivity contribution in [2.45, 2.75) is 19.0 Å². The number of ether oxygens (including phenoxy) is 1. The number of carbonyl (C=O) groups is 3. The molecular formula is C21H21N5O4S. The number of hydrogen-bond acceptors (Lipinski definition) is 7. The van der Waals surface area contributed by atoms with Crippen molar-refractivity contribution in [3.63, 3.8) is 0 Å². The van der Waals surface area contributed by atoms with Gasteiger partial charge in [-0.05, 0) is 42.8 Å². The fourth-order valence-electron chi connectivity index (χ4n) is 2.75. The lowest BCUT2D eigenvalue weighted by Gasteiger charge is -2.11. The van der Waals surface area contributed by atoms with Gasteiger partial charge in [-0.1, -0.05) is 23.9 Å². The number of aryl methyl sites for hydroxylation is 1. The van der Waals surface area contributed by atoms with Crippen LogP contribution in [0.2, 0.25) is 0 Å². The predicted octanol–water partition coefficient (Wildman–Crippen LogP) is 3.05. The van der Waals surface area contributed by atoms with E-state index >= 15 is 0 Å². The Kier molecular flexibility index (Phi) is 7.03. The van der Waals surface area contributed by atoms with Crippen LogP contribution in [-0.4, -0.2) is 45.4 Å². The first kappa shape index (κ1) is 22.0. The fraction of sp³-hybridized carbons (Fsp3) is 0.190. The number of hydrogen-bond donors (Lipinski definition) is 2. The Balaban J connectivity index is 1.68. The smallest absolute Gasteiger partial charge is 0.337 e. The molecule has 0 saturated heterocycles. The van der Waals surface area contributed by atoms with Crippen LogP contribution in [0, 0.1) is 6.92 Å². The van der Waals surface area contributed by atoms with E-state index in [0.29, 0.717) is 22.1 Å². The first-order valence-corrected chi connectivity index (χ1v) is 10.3. The SMILES string of the molecule is COC(=O)c1ccc(C)c(NC(=O)CSc2nncn2-c2cccc(NC(C)=O)c2)c1. The van der Waals surface area contributed by atoms with Crippen LogP contribution >= 0.6 is 11.8 Å². The summed E-state index contributed by atoms with van der Waals surface area (Å²) in [5.41, 5.74) is 3.12. The third kappa shape index (κ3) is 5.70. The summed E-state index contributed by atoms with van der Waals surface area (Å²) in [6.07, 6.45) is 1.54. The molecule has 3 rings (SSSR count). The van der Waals surface area contributed by atoms with Crippen molar-refractivity contribution in [1.82, 2.24) is 14.8 Å². The van der Waals surface area contributed by atoms with Crippen LogP contribution in [0.1, 0.15) is 22.8 Å². The topological polar surface area (TPSA) is 115 Å². The highest BCUT2D eigenvalue weighted by atomic mass is 32.2. The van der Waals surface area contributed by atoms with E-state index < -0.39 is 5.97 Å². The van der Waals surface area contributed by atoms with Crippen molar-refractivity contribution in [3.8, 4) is 5.69 Å². The van der Waals surface area contributed by atoms with Crippen molar-refractivity contribution in [2.75, 3.05) is 23.5 Å². The van der Waals surface area contributed by atoms with E-state index in [1.54, 1.807) is 41.0 Å². The summed E-state index contributed by atoms with van der Waals surface area (Å²) in [5.74, 6) is -0.804. The normalized spacial score (nSPS) is 10.4. The monoisotopic (exact) mass is 439 g/mol. The lowest BCUT2D eigenvalue weighted by molar-refractivity contribution is -0.114. The van der Waals surface area contributed by atoms with Gasteiger partial charge in [0, 0.05) is 18.3 Å². The number of aromatic nitrogens is 3. The molecule has 0 bridgehead atoms. The number of nitrogens with zero attached hydrogens (tertiary/aromatic N) is 3. The summed E-state index contributed by atoms with van der Waals surface area (Å²) in [6.45, 7) is 3.27. The number of methoxy groups -OCH3 is 1. The van der Waals surface area contributed by atoms with Crippen molar-refractivity contribution in [1.29, 1.82) is 0 Å². The van der Waals surface area contributed by atoms with Crippen molar-refractivity contribution in [2.24, 2.45) is 0 Å². The molecule has 0 spiro atoms. The van der Waals surface area contributed by atoms with E-state index in [-0.39, 0.29) is 17.6 Å². The highest BCUT2D eigenvalue weighted by Gasteiger charge is 2.13. The van der Waals surface area contributed by atoms with Gasteiger partial charge in [-0.3, -0.25) is 14.2 Å². The number of anilines is 2. The van der Waals surface area contributed by atoms with Gasteiger partial charge in [0.05, 0.1) is 24.1 Å². The minimum Gasteiger partial charge on any atom is -0.465 e. The molecule has 160 valence electrons. The number of esters is 1. The van der Waals surface area contributed by atoms with E-state index in [2.05, 4.69) is 20.8 Å². The molecule has 1 aromatic heterocycles. The molecule has 0 fully saturated rings. The fourth-order valence-corrected chi connectivity index (χ4v) is 3.48. The maximum atomic E-state index is 12.5. The molecule has 0 saturated carbocycles. The number of amides is 2. The third-order valence-electron chi connectivity index (χ3n) is 4.23. The van der Waals surface area contributed by atoms with Gasteiger partial charge in [0.1, 0.15) is 6.33 Å². The summed E-state index contributed by atoms with van der Waals surface area (Å²) in [6, 6.07) is 12.2. The molecule has 0 radical (unpaired) electrons. The highest BCUT2D eigenvalue weighted by Crippen LogP contribution is 2.23. The Bertz CT molecular complexity index is 1130. The molecule has 2 aromatic carbocycles. The summed E-state index contributed by atoms with van der Waals surface area (Å²) in [4.78, 5) is 35.5. The van der Waals surface area contributed by atoms with Crippen LogP contribution < -0.4 is 10.6 Å². The molecule has 2 N–H and O–H groups in total. The van der Waals surface area contributed by atoms with Gasteiger partial charge < -0.3 is 15.4 Å². The molecule has 10 heteroatoms. The lowest BCUT2D eigenvalue weighted by Crippen LogP contribution is -2.16. The Morgan fingerprint density at radius 1 is 1.13 bits per heavy atom. The van der Waals surface area contributed by atoms with Gasteiger partial charge in [0.25, 0.3) is 0 Å². The minimum absolute atomic E-state index is 0.0893. The van der Waals surface area contributed by atoms with Crippen LogP contribution in [0.5, 0.6) is 0 Å². The molecule has 31 heavy (non-hydrogen) atoms. The van der Waals surface area contributed by atoms with Gasteiger partial charge in [-0.25, -0.2) is 4.79 Å². The molecule has 3 aromatic rings. The summed E-state index contributed by atoms with van der Waals surface area (Å²) in [5, 5.41) is 14.1. The van der Waals surface area contributed by atoms with Crippen LogP contribution in [0.15, 0.2) is 53.9 Å². The van der Waals surface area contributed by atoms with Crippen molar-refractivity contribution >= 4 is 40.9 Å². The largest absolute Gasteiger partial charge is 0.465 e. The molecule has 0 aliphatic carbocycles. The molecule has 2 amide bonds. The van der Waals surface area contributed by atoms with Gasteiger partial charge in [-0.2, -0.15) is 0 Å². The van der Waals surface area contributed by atoms with Crippen LogP contribution in [0.4, 0.5) is 11.4 Å². The number of thioether (sulfide) groups is 1. The molecule has 1 heterocycles. The van der Waals surface area contributed by atoms with Gasteiger partial charge in [0.15, 0.2) is 5.16 Å². The average Bonchev–Trinajstić information content (AvgIpc) is 3.21. The second-order valence-electron chi connectivity index (χ2n) is 6.57. The predicted molar refractivity (Wildman–Crippen MR) is 118 cm³/mol. The quantitative estimate of drug-likeness (QED) is 0.429. The second kappa shape index (κ2) is 9.90. The molecule has 0 atom stereocenters. The van der Waals surface area contributed by atoms with Crippen LogP contribution in [0.25, 0.3) is 5.69 Å². The van der Waals surface area contributed by atoms with Gasteiger partial charge in [0.2, 0.25) is 11.8 Å². The van der Waals surface area contributed by atoms with E-state index in [0.717, 1.165) is 11.3 Å². The number of benzene rings is 2. The van der Waals surface area contributed by atoms with Gasteiger partial charge >= 0.3 is 5.97 Å². The van der Waals surface area contributed by atoms with E-state index in [1.807, 2.05) is 13.0 Å². The Morgan fingerprint density at radius 2 is 1.94 bits per heavy atom.